The van der Waals surface area contributed by atoms with Crippen molar-refractivity contribution in [3.63, 3.8) is 0 Å². The molecular weight excluding hydrogens is 342 g/mol. The molecule has 0 atom stereocenters. The number of fused-ring (bicyclic) bond motifs is 1. The van der Waals surface area contributed by atoms with E-state index in [0.29, 0.717) is 9.15 Å². The van der Waals surface area contributed by atoms with Crippen LogP contribution in [-0.2, 0) is 11.3 Å². The number of carbonyl (C=O) groups is 1. The van der Waals surface area contributed by atoms with E-state index in [2.05, 4.69) is 25.8 Å². The predicted molar refractivity (Wildman–Crippen MR) is 68.0 cm³/mol. The number of carboxylic acid groups (broad SMARTS) is 1. The minimum atomic E-state index is -3.14. The second kappa shape index (κ2) is 5.53. The van der Waals surface area contributed by atoms with Crippen LogP contribution in [0.2, 0.25) is 0 Å². The summed E-state index contributed by atoms with van der Waals surface area (Å²) in [5, 5.41) is 12.3. The summed E-state index contributed by atoms with van der Waals surface area (Å²) in [6, 6.07) is 4.30. The molecule has 0 unspecified atom stereocenters. The fraction of sp³-hybridized carbons (Fsp3) is 0.182. The molecule has 0 bridgehead atoms. The van der Waals surface area contributed by atoms with Gasteiger partial charge in [-0.05, 0) is 18.2 Å². The summed E-state index contributed by atoms with van der Waals surface area (Å²) in [4.78, 5) is 22.6. The zero-order chi connectivity index (χ0) is 14.9. The van der Waals surface area contributed by atoms with Gasteiger partial charge in [0, 0.05) is 4.47 Å². The van der Waals surface area contributed by atoms with Gasteiger partial charge in [0.25, 0.3) is 5.56 Å². The van der Waals surface area contributed by atoms with Gasteiger partial charge in [-0.15, -0.1) is 5.10 Å². The van der Waals surface area contributed by atoms with Crippen LogP contribution in [0.4, 0.5) is 8.78 Å². The van der Waals surface area contributed by atoms with Crippen molar-refractivity contribution in [2.45, 2.75) is 13.2 Å². The zero-order valence-electron chi connectivity index (χ0n) is 9.72. The van der Waals surface area contributed by atoms with E-state index in [1.54, 1.807) is 0 Å². The summed E-state index contributed by atoms with van der Waals surface area (Å²) in [6.07, 6.45) is 0. The highest BCUT2D eigenvalue weighted by molar-refractivity contribution is 9.10. The molecule has 0 spiro atoms. The third kappa shape index (κ3) is 2.93. The smallest absolute Gasteiger partial charge is 0.388 e. The molecule has 2 aromatic rings. The molecule has 0 aliphatic rings. The molecule has 1 aromatic heterocycles. The van der Waals surface area contributed by atoms with Crippen molar-refractivity contribution in [3.8, 4) is 5.88 Å². The largest absolute Gasteiger partial charge is 0.480 e. The standard InChI is InChI=1S/C11H7BrF2N2O4/c12-5-1-2-6-7(3-5)9(20-11(13)14)15-16(10(6)19)4-8(17)18/h1-3,11H,4H2,(H,17,18). The molecule has 0 aliphatic carbocycles. The molecule has 1 aromatic carbocycles. The van der Waals surface area contributed by atoms with Crippen LogP contribution in [0.1, 0.15) is 0 Å². The van der Waals surface area contributed by atoms with Crippen LogP contribution >= 0.6 is 15.9 Å². The molecule has 0 saturated heterocycles. The highest BCUT2D eigenvalue weighted by Gasteiger charge is 2.16. The topological polar surface area (TPSA) is 81.4 Å². The maximum absolute atomic E-state index is 12.4. The van der Waals surface area contributed by atoms with Crippen molar-refractivity contribution in [3.05, 3.63) is 33.0 Å². The summed E-state index contributed by atoms with van der Waals surface area (Å²) in [7, 11) is 0. The molecule has 106 valence electrons. The summed E-state index contributed by atoms with van der Waals surface area (Å²) in [5.74, 6) is -1.82. The van der Waals surface area contributed by atoms with Gasteiger partial charge >= 0.3 is 12.6 Å². The molecule has 20 heavy (non-hydrogen) atoms. The summed E-state index contributed by atoms with van der Waals surface area (Å²) >= 11 is 3.14. The van der Waals surface area contributed by atoms with Gasteiger partial charge in [-0.2, -0.15) is 8.78 Å². The Morgan fingerprint density at radius 3 is 2.75 bits per heavy atom. The molecule has 9 heteroatoms. The Morgan fingerprint density at radius 2 is 2.15 bits per heavy atom. The van der Waals surface area contributed by atoms with E-state index in [-0.39, 0.29) is 10.8 Å². The van der Waals surface area contributed by atoms with Crippen molar-refractivity contribution in [1.82, 2.24) is 9.78 Å². The maximum Gasteiger partial charge on any atom is 0.388 e. The van der Waals surface area contributed by atoms with Crippen LogP contribution in [0.15, 0.2) is 27.5 Å². The summed E-state index contributed by atoms with van der Waals surface area (Å²) in [6.45, 7) is -3.88. The highest BCUT2D eigenvalue weighted by Crippen LogP contribution is 2.25. The van der Waals surface area contributed by atoms with Gasteiger partial charge in [0.1, 0.15) is 6.54 Å². The van der Waals surface area contributed by atoms with E-state index < -0.39 is 30.6 Å². The van der Waals surface area contributed by atoms with Gasteiger partial charge in [0.15, 0.2) is 0 Å². The van der Waals surface area contributed by atoms with Crippen LogP contribution in [-0.4, -0.2) is 27.5 Å². The minimum Gasteiger partial charge on any atom is -0.480 e. The summed E-state index contributed by atoms with van der Waals surface area (Å²) < 4.78 is 30.1. The average molecular weight is 349 g/mol. The fourth-order valence-corrected chi connectivity index (χ4v) is 2.00. The molecule has 6 nitrogen and oxygen atoms in total. The van der Waals surface area contributed by atoms with E-state index in [1.165, 1.54) is 18.2 Å². The van der Waals surface area contributed by atoms with Crippen LogP contribution in [0, 0.1) is 0 Å². The Kier molecular flexibility index (Phi) is 3.98. The van der Waals surface area contributed by atoms with E-state index in [1.807, 2.05) is 0 Å². The van der Waals surface area contributed by atoms with Gasteiger partial charge < -0.3 is 9.84 Å². The van der Waals surface area contributed by atoms with Gasteiger partial charge in [-0.25, -0.2) is 4.68 Å². The monoisotopic (exact) mass is 348 g/mol. The number of alkyl halides is 2. The third-order valence-electron chi connectivity index (χ3n) is 2.37. The number of nitrogens with zero attached hydrogens (tertiary/aromatic N) is 2. The number of halogens is 3. The molecule has 1 heterocycles. The lowest BCUT2D eigenvalue weighted by Gasteiger charge is -2.10. The highest BCUT2D eigenvalue weighted by atomic mass is 79.9. The van der Waals surface area contributed by atoms with Crippen LogP contribution in [0.25, 0.3) is 10.8 Å². The lowest BCUT2D eigenvalue weighted by Crippen LogP contribution is -2.27. The fourth-order valence-electron chi connectivity index (χ4n) is 1.63. The number of hydrogen-bond donors (Lipinski definition) is 1. The minimum absolute atomic E-state index is 0.0418. The van der Waals surface area contributed by atoms with E-state index in [4.69, 9.17) is 5.11 Å². The quantitative estimate of drug-likeness (QED) is 0.911. The van der Waals surface area contributed by atoms with Crippen molar-refractivity contribution >= 4 is 32.7 Å². The number of carboxylic acids is 1. The zero-order valence-corrected chi connectivity index (χ0v) is 11.3. The summed E-state index contributed by atoms with van der Waals surface area (Å²) in [5.41, 5.74) is -0.698. The number of rotatable bonds is 4. The number of ether oxygens (including phenoxy) is 1. The van der Waals surface area contributed by atoms with Gasteiger partial charge in [0.2, 0.25) is 5.88 Å². The number of aliphatic carboxylic acids is 1. The first-order valence-electron chi connectivity index (χ1n) is 5.25. The second-order valence-corrected chi connectivity index (χ2v) is 4.65. The molecule has 0 saturated carbocycles. The van der Waals surface area contributed by atoms with Crippen LogP contribution < -0.4 is 10.3 Å². The van der Waals surface area contributed by atoms with E-state index in [9.17, 15) is 18.4 Å². The van der Waals surface area contributed by atoms with Crippen molar-refractivity contribution < 1.29 is 23.4 Å². The lowest BCUT2D eigenvalue weighted by atomic mass is 10.2. The lowest BCUT2D eigenvalue weighted by molar-refractivity contribution is -0.138. The molecule has 0 fully saturated rings. The molecule has 0 aliphatic heterocycles. The third-order valence-corrected chi connectivity index (χ3v) is 2.87. The van der Waals surface area contributed by atoms with Gasteiger partial charge in [0.05, 0.1) is 10.8 Å². The average Bonchev–Trinajstić information content (AvgIpc) is 2.33. The SMILES string of the molecule is O=C(O)Cn1nc(OC(F)F)c2cc(Br)ccc2c1=O. The first kappa shape index (κ1) is 14.4. The first-order chi connectivity index (χ1) is 9.38. The number of aromatic nitrogens is 2. The maximum atomic E-state index is 12.4. The van der Waals surface area contributed by atoms with Crippen LogP contribution in [0.5, 0.6) is 5.88 Å². The van der Waals surface area contributed by atoms with Crippen molar-refractivity contribution in [2.24, 2.45) is 0 Å². The molecule has 1 N–H and O–H groups in total. The molecular formula is C11H7BrF2N2O4. The number of hydrogen-bond acceptors (Lipinski definition) is 4. The predicted octanol–water partition coefficient (Wildman–Crippen LogP) is 1.85. The molecule has 0 radical (unpaired) electrons. The Balaban J connectivity index is 2.73. The normalized spacial score (nSPS) is 11.0. The number of benzene rings is 1. The molecule has 0 amide bonds. The van der Waals surface area contributed by atoms with Gasteiger partial charge in [-0.3, -0.25) is 9.59 Å². The van der Waals surface area contributed by atoms with Gasteiger partial charge in [-0.1, -0.05) is 15.9 Å². The Hall–Kier alpha value is -2.03. The van der Waals surface area contributed by atoms with Crippen molar-refractivity contribution in [2.75, 3.05) is 0 Å². The van der Waals surface area contributed by atoms with Crippen LogP contribution in [0.3, 0.4) is 0 Å². The van der Waals surface area contributed by atoms with Crippen molar-refractivity contribution in [1.29, 1.82) is 0 Å². The Morgan fingerprint density at radius 1 is 1.45 bits per heavy atom. The second-order valence-electron chi connectivity index (χ2n) is 3.73. The first-order valence-corrected chi connectivity index (χ1v) is 6.05. The molecule has 2 rings (SSSR count). The Bertz CT molecular complexity index is 732. The Labute approximate surface area is 118 Å². The van der Waals surface area contributed by atoms with E-state index in [0.717, 1.165) is 0 Å². The van der Waals surface area contributed by atoms with E-state index >= 15 is 0 Å².